The van der Waals surface area contributed by atoms with E-state index in [1.807, 2.05) is 36.2 Å². The van der Waals surface area contributed by atoms with Gasteiger partial charge in [-0.2, -0.15) is 5.10 Å². The molecule has 0 spiro atoms. The predicted molar refractivity (Wildman–Crippen MR) is 83.3 cm³/mol. The van der Waals surface area contributed by atoms with Crippen LogP contribution in [-0.2, 0) is 7.05 Å². The molecule has 4 nitrogen and oxygen atoms in total. The average molecular weight is 304 g/mol. The lowest BCUT2D eigenvalue weighted by Crippen LogP contribution is -2.28. The molecule has 1 amide bonds. The van der Waals surface area contributed by atoms with Crippen molar-refractivity contribution in [1.29, 1.82) is 0 Å². The molecule has 2 aromatic rings. The van der Waals surface area contributed by atoms with E-state index < -0.39 is 0 Å². The van der Waals surface area contributed by atoms with Crippen LogP contribution >= 0.6 is 11.6 Å². The summed E-state index contributed by atoms with van der Waals surface area (Å²) < 4.78 is 1.67. The molecule has 0 radical (unpaired) electrons. The number of aryl methyl sites for hydroxylation is 1. The van der Waals surface area contributed by atoms with Gasteiger partial charge in [0.1, 0.15) is 5.69 Å². The van der Waals surface area contributed by atoms with E-state index in [9.17, 15) is 4.79 Å². The minimum Gasteiger partial charge on any atom is -0.338 e. The van der Waals surface area contributed by atoms with Crippen molar-refractivity contribution in [2.45, 2.75) is 13.3 Å². The number of hydrogen-bond acceptors (Lipinski definition) is 2. The number of rotatable bonds is 2. The molecule has 1 unspecified atom stereocenters. The first-order valence-electron chi connectivity index (χ1n) is 7.14. The van der Waals surface area contributed by atoms with Gasteiger partial charge >= 0.3 is 0 Å². The fourth-order valence-electron chi connectivity index (χ4n) is 2.79. The van der Waals surface area contributed by atoms with Crippen LogP contribution in [0.4, 0.5) is 0 Å². The van der Waals surface area contributed by atoms with E-state index in [4.69, 9.17) is 11.6 Å². The third-order valence-electron chi connectivity index (χ3n) is 3.90. The highest BCUT2D eigenvalue weighted by molar-refractivity contribution is 6.33. The summed E-state index contributed by atoms with van der Waals surface area (Å²) in [6.07, 6.45) is 2.84. The summed E-state index contributed by atoms with van der Waals surface area (Å²) in [6, 6.07) is 7.49. The predicted octanol–water partition coefficient (Wildman–Crippen LogP) is 3.22. The smallest absolute Gasteiger partial charge is 0.257 e. The van der Waals surface area contributed by atoms with E-state index in [-0.39, 0.29) is 5.91 Å². The van der Waals surface area contributed by atoms with Crippen molar-refractivity contribution < 1.29 is 4.79 Å². The molecule has 1 aromatic heterocycles. The fourth-order valence-corrected chi connectivity index (χ4v) is 3.01. The number of amides is 1. The van der Waals surface area contributed by atoms with Gasteiger partial charge in [0.2, 0.25) is 0 Å². The van der Waals surface area contributed by atoms with Gasteiger partial charge in [0.15, 0.2) is 0 Å². The number of hydrogen-bond donors (Lipinski definition) is 0. The number of benzene rings is 1. The highest BCUT2D eigenvalue weighted by Crippen LogP contribution is 2.30. The first-order chi connectivity index (χ1) is 10.1. The van der Waals surface area contributed by atoms with Crippen LogP contribution in [0.2, 0.25) is 5.02 Å². The summed E-state index contributed by atoms with van der Waals surface area (Å²) in [4.78, 5) is 14.6. The summed E-state index contributed by atoms with van der Waals surface area (Å²) in [7, 11) is 1.82. The minimum atomic E-state index is 0.0439. The molecule has 1 aliphatic heterocycles. The van der Waals surface area contributed by atoms with E-state index in [2.05, 4.69) is 12.0 Å². The molecule has 1 aromatic carbocycles. The van der Waals surface area contributed by atoms with E-state index >= 15 is 0 Å². The van der Waals surface area contributed by atoms with E-state index in [0.717, 1.165) is 25.1 Å². The molecule has 1 aliphatic rings. The standard InChI is InChI=1S/C16H18ClN3O/c1-11-7-8-20(9-11)16(21)13-10-19(2)18-15(13)12-5-3-4-6-14(12)17/h3-6,10-11H,7-9H2,1-2H3. The Morgan fingerprint density at radius 2 is 2.14 bits per heavy atom. The molecular formula is C16H18ClN3O. The summed E-state index contributed by atoms with van der Waals surface area (Å²) in [5.74, 6) is 0.608. The fraction of sp³-hybridized carbons (Fsp3) is 0.375. The molecule has 1 fully saturated rings. The zero-order valence-electron chi connectivity index (χ0n) is 12.2. The summed E-state index contributed by atoms with van der Waals surface area (Å²) in [5.41, 5.74) is 2.09. The zero-order valence-corrected chi connectivity index (χ0v) is 13.0. The van der Waals surface area contributed by atoms with E-state index in [0.29, 0.717) is 22.2 Å². The molecule has 3 rings (SSSR count). The maximum Gasteiger partial charge on any atom is 0.257 e. The molecule has 0 aliphatic carbocycles. The Morgan fingerprint density at radius 3 is 2.81 bits per heavy atom. The van der Waals surface area contributed by atoms with Crippen LogP contribution in [0, 0.1) is 5.92 Å². The number of likely N-dealkylation sites (tertiary alicyclic amines) is 1. The van der Waals surface area contributed by atoms with Crippen LogP contribution in [0.1, 0.15) is 23.7 Å². The van der Waals surface area contributed by atoms with Crippen molar-refractivity contribution in [1.82, 2.24) is 14.7 Å². The van der Waals surface area contributed by atoms with Crippen molar-refractivity contribution >= 4 is 17.5 Å². The third kappa shape index (κ3) is 2.68. The van der Waals surface area contributed by atoms with Crippen molar-refractivity contribution in [2.75, 3.05) is 13.1 Å². The van der Waals surface area contributed by atoms with Crippen LogP contribution in [0.3, 0.4) is 0 Å². The third-order valence-corrected chi connectivity index (χ3v) is 4.23. The van der Waals surface area contributed by atoms with Crippen molar-refractivity contribution in [3.05, 3.63) is 41.0 Å². The van der Waals surface area contributed by atoms with Crippen LogP contribution in [-0.4, -0.2) is 33.7 Å². The van der Waals surface area contributed by atoms with Crippen LogP contribution in [0.25, 0.3) is 11.3 Å². The topological polar surface area (TPSA) is 38.1 Å². The van der Waals surface area contributed by atoms with Gasteiger partial charge in [-0.05, 0) is 18.4 Å². The molecule has 0 bridgehead atoms. The van der Waals surface area contributed by atoms with E-state index in [1.165, 1.54) is 0 Å². The summed E-state index contributed by atoms with van der Waals surface area (Å²) >= 11 is 6.25. The molecule has 0 N–H and O–H groups in total. The first-order valence-corrected chi connectivity index (χ1v) is 7.52. The van der Waals surface area contributed by atoms with Crippen LogP contribution in [0.5, 0.6) is 0 Å². The highest BCUT2D eigenvalue weighted by atomic mass is 35.5. The quantitative estimate of drug-likeness (QED) is 0.854. The molecule has 5 heteroatoms. The maximum atomic E-state index is 12.7. The summed E-state index contributed by atoms with van der Waals surface area (Å²) in [5, 5.41) is 5.05. The van der Waals surface area contributed by atoms with Crippen LogP contribution < -0.4 is 0 Å². The Morgan fingerprint density at radius 1 is 1.38 bits per heavy atom. The molecule has 21 heavy (non-hydrogen) atoms. The number of carbonyl (C=O) groups excluding carboxylic acids is 1. The average Bonchev–Trinajstić information content (AvgIpc) is 3.05. The Bertz CT molecular complexity index is 680. The SMILES string of the molecule is CC1CCN(C(=O)c2cn(C)nc2-c2ccccc2Cl)C1. The van der Waals surface area contributed by atoms with E-state index in [1.54, 1.807) is 10.9 Å². The lowest BCUT2D eigenvalue weighted by atomic mass is 10.1. The van der Waals surface area contributed by atoms with Gasteiger partial charge in [-0.25, -0.2) is 0 Å². The number of aromatic nitrogens is 2. The molecule has 2 heterocycles. The Labute approximate surface area is 129 Å². The summed E-state index contributed by atoms with van der Waals surface area (Å²) in [6.45, 7) is 3.80. The number of carbonyl (C=O) groups is 1. The molecule has 110 valence electrons. The lowest BCUT2D eigenvalue weighted by Gasteiger charge is -2.15. The van der Waals surface area contributed by atoms with Gasteiger partial charge in [0.25, 0.3) is 5.91 Å². The highest BCUT2D eigenvalue weighted by Gasteiger charge is 2.28. The molecule has 1 atom stereocenters. The largest absolute Gasteiger partial charge is 0.338 e. The lowest BCUT2D eigenvalue weighted by molar-refractivity contribution is 0.0789. The monoisotopic (exact) mass is 303 g/mol. The van der Waals surface area contributed by atoms with Gasteiger partial charge in [0.05, 0.1) is 10.6 Å². The van der Waals surface area contributed by atoms with Gasteiger partial charge in [-0.15, -0.1) is 0 Å². The maximum absolute atomic E-state index is 12.7. The molecule has 1 saturated heterocycles. The Hall–Kier alpha value is -1.81. The second-order valence-corrected chi connectivity index (χ2v) is 6.10. The van der Waals surface area contributed by atoms with Gasteiger partial charge in [-0.1, -0.05) is 36.7 Å². The number of nitrogens with zero attached hydrogens (tertiary/aromatic N) is 3. The van der Waals surface area contributed by atoms with Crippen molar-refractivity contribution in [3.8, 4) is 11.3 Å². The first kappa shape index (κ1) is 14.1. The Kier molecular flexibility index (Phi) is 3.72. The van der Waals surface area contributed by atoms with Gasteiger partial charge in [-0.3, -0.25) is 9.48 Å². The van der Waals surface area contributed by atoms with Crippen molar-refractivity contribution in [3.63, 3.8) is 0 Å². The molecular weight excluding hydrogens is 286 g/mol. The van der Waals surface area contributed by atoms with Crippen molar-refractivity contribution in [2.24, 2.45) is 13.0 Å². The van der Waals surface area contributed by atoms with Gasteiger partial charge < -0.3 is 4.90 Å². The Balaban J connectivity index is 2.00. The van der Waals surface area contributed by atoms with Crippen LogP contribution in [0.15, 0.2) is 30.5 Å². The second kappa shape index (κ2) is 5.53. The minimum absolute atomic E-state index is 0.0439. The zero-order chi connectivity index (χ0) is 15.0. The normalized spacial score (nSPS) is 18.2. The number of halogens is 1. The molecule has 0 saturated carbocycles. The second-order valence-electron chi connectivity index (χ2n) is 5.69. The van der Waals surface area contributed by atoms with Gasteiger partial charge in [0, 0.05) is 31.9 Å².